The number of hydrogen-bond acceptors (Lipinski definition) is 7. The van der Waals surface area contributed by atoms with Crippen molar-refractivity contribution in [1.29, 1.82) is 0 Å². The van der Waals surface area contributed by atoms with Crippen LogP contribution in [0.1, 0.15) is 66.0 Å². The molecular formula is C29H42N4O7. The molecule has 11 nitrogen and oxygen atoms in total. The predicted molar refractivity (Wildman–Crippen MR) is 149 cm³/mol. The smallest absolute Gasteiger partial charge is 0.408 e. The normalized spacial score (nSPS) is 17.5. The van der Waals surface area contributed by atoms with Gasteiger partial charge in [0.25, 0.3) is 0 Å². The zero-order valence-electron chi connectivity index (χ0n) is 24.1. The molecule has 0 aromatic heterocycles. The SMILES string of the molecule is CCOC(=O)/C=C/[C@@H](C[C@@H]1CCNC1=O)NC(=O)[C@@H](NC(=O)[C@@H](NC(=O)OC(C)(C)C)C(C)C)c1ccccc1. The number of rotatable bonds is 12. The van der Waals surface area contributed by atoms with E-state index in [0.717, 1.165) is 0 Å². The summed E-state index contributed by atoms with van der Waals surface area (Å²) in [5.74, 6) is -2.46. The van der Waals surface area contributed by atoms with Crippen LogP contribution in [0.2, 0.25) is 0 Å². The number of hydrogen-bond donors (Lipinski definition) is 4. The van der Waals surface area contributed by atoms with Gasteiger partial charge in [-0.25, -0.2) is 9.59 Å². The Balaban J connectivity index is 2.28. The molecule has 0 aliphatic carbocycles. The van der Waals surface area contributed by atoms with E-state index in [1.54, 1.807) is 71.9 Å². The van der Waals surface area contributed by atoms with Crippen LogP contribution in [0.5, 0.6) is 0 Å². The van der Waals surface area contributed by atoms with Crippen molar-refractivity contribution >= 4 is 29.8 Å². The van der Waals surface area contributed by atoms with Crippen molar-refractivity contribution in [3.05, 3.63) is 48.0 Å². The Morgan fingerprint density at radius 3 is 2.27 bits per heavy atom. The first-order chi connectivity index (χ1) is 18.8. The molecule has 1 aromatic rings. The molecule has 0 saturated carbocycles. The van der Waals surface area contributed by atoms with Crippen LogP contribution in [0.25, 0.3) is 0 Å². The highest BCUT2D eigenvalue weighted by molar-refractivity contribution is 5.92. The Kier molecular flexibility index (Phi) is 12.2. The lowest BCUT2D eigenvalue weighted by atomic mass is 9.97. The molecule has 4 amide bonds. The first-order valence-corrected chi connectivity index (χ1v) is 13.6. The van der Waals surface area contributed by atoms with E-state index in [-0.39, 0.29) is 30.8 Å². The maximum Gasteiger partial charge on any atom is 0.408 e. The van der Waals surface area contributed by atoms with Crippen LogP contribution in [-0.2, 0) is 28.7 Å². The second-order valence-corrected chi connectivity index (χ2v) is 11.0. The van der Waals surface area contributed by atoms with Crippen LogP contribution in [0, 0.1) is 11.8 Å². The zero-order valence-corrected chi connectivity index (χ0v) is 24.1. The van der Waals surface area contributed by atoms with Crippen LogP contribution in [0.15, 0.2) is 42.5 Å². The Bertz CT molecular complexity index is 1070. The van der Waals surface area contributed by atoms with Gasteiger partial charge in [0.1, 0.15) is 17.7 Å². The molecule has 0 spiro atoms. The monoisotopic (exact) mass is 558 g/mol. The highest BCUT2D eigenvalue weighted by Gasteiger charge is 2.33. The fourth-order valence-corrected chi connectivity index (χ4v) is 4.16. The molecule has 11 heteroatoms. The van der Waals surface area contributed by atoms with Crippen molar-refractivity contribution in [3.8, 4) is 0 Å². The van der Waals surface area contributed by atoms with E-state index in [9.17, 15) is 24.0 Å². The molecule has 0 unspecified atom stereocenters. The second-order valence-electron chi connectivity index (χ2n) is 11.0. The number of carbonyl (C=O) groups is 5. The molecule has 0 bridgehead atoms. The Morgan fingerprint density at radius 1 is 1.05 bits per heavy atom. The van der Waals surface area contributed by atoms with Crippen LogP contribution < -0.4 is 21.3 Å². The van der Waals surface area contributed by atoms with E-state index in [2.05, 4.69) is 21.3 Å². The van der Waals surface area contributed by atoms with E-state index >= 15 is 0 Å². The predicted octanol–water partition coefficient (Wildman–Crippen LogP) is 2.52. The van der Waals surface area contributed by atoms with Gasteiger partial charge in [0.2, 0.25) is 17.7 Å². The first kappa shape index (κ1) is 32.3. The number of ether oxygens (including phenoxy) is 2. The van der Waals surface area contributed by atoms with Gasteiger partial charge < -0.3 is 30.7 Å². The third kappa shape index (κ3) is 10.7. The maximum absolute atomic E-state index is 13.6. The van der Waals surface area contributed by atoms with E-state index in [0.29, 0.717) is 18.5 Å². The minimum atomic E-state index is -1.12. The van der Waals surface area contributed by atoms with Crippen molar-refractivity contribution < 1.29 is 33.4 Å². The molecule has 1 saturated heterocycles. The van der Waals surface area contributed by atoms with E-state index in [4.69, 9.17) is 9.47 Å². The Morgan fingerprint density at radius 2 is 1.73 bits per heavy atom. The summed E-state index contributed by atoms with van der Waals surface area (Å²) in [4.78, 5) is 63.6. The van der Waals surface area contributed by atoms with Gasteiger partial charge in [0.05, 0.1) is 6.61 Å². The molecular weight excluding hydrogens is 516 g/mol. The fraction of sp³-hybridized carbons (Fsp3) is 0.552. The summed E-state index contributed by atoms with van der Waals surface area (Å²) in [6.07, 6.45) is 2.83. The molecule has 40 heavy (non-hydrogen) atoms. The largest absolute Gasteiger partial charge is 0.463 e. The van der Waals surface area contributed by atoms with Gasteiger partial charge in [-0.05, 0) is 52.0 Å². The number of nitrogens with one attached hydrogen (secondary N) is 4. The van der Waals surface area contributed by atoms with Crippen molar-refractivity contribution in [2.75, 3.05) is 13.2 Å². The lowest BCUT2D eigenvalue weighted by Gasteiger charge is -2.28. The van der Waals surface area contributed by atoms with Gasteiger partial charge in [-0.3, -0.25) is 14.4 Å². The quantitative estimate of drug-likeness (QED) is 0.227. The standard InChI is InChI=1S/C29H42N4O7/c1-7-39-22(34)14-13-21(17-20-15-16-30-25(20)35)31-27(37)24(19-11-9-8-10-12-19)32-26(36)23(18(2)3)33-28(38)40-29(4,5)6/h8-14,18,20-21,23-24H,7,15-17H2,1-6H3,(H,30,35)(H,31,37)(H,32,36)(H,33,38)/b14-13+/t20-,21-,23-,24-/m0/s1. The summed E-state index contributed by atoms with van der Waals surface area (Å²) in [6.45, 7) is 11.1. The van der Waals surface area contributed by atoms with Crippen molar-refractivity contribution in [1.82, 2.24) is 21.3 Å². The molecule has 1 fully saturated rings. The number of amides is 4. The van der Waals surface area contributed by atoms with Gasteiger partial charge in [0, 0.05) is 24.6 Å². The highest BCUT2D eigenvalue weighted by atomic mass is 16.6. The van der Waals surface area contributed by atoms with Crippen molar-refractivity contribution in [3.63, 3.8) is 0 Å². The third-order valence-corrected chi connectivity index (χ3v) is 6.08. The summed E-state index contributed by atoms with van der Waals surface area (Å²) in [6, 6.07) is 5.87. The minimum Gasteiger partial charge on any atom is -0.463 e. The number of alkyl carbamates (subject to hydrolysis) is 1. The molecule has 4 atom stereocenters. The van der Waals surface area contributed by atoms with Crippen LogP contribution in [-0.4, -0.2) is 60.6 Å². The molecule has 220 valence electrons. The molecule has 4 N–H and O–H groups in total. The fourth-order valence-electron chi connectivity index (χ4n) is 4.16. The molecule has 1 aromatic carbocycles. The number of carbonyl (C=O) groups excluding carboxylic acids is 5. The third-order valence-electron chi connectivity index (χ3n) is 6.08. The zero-order chi connectivity index (χ0) is 29.9. The molecule has 1 heterocycles. The van der Waals surface area contributed by atoms with Gasteiger partial charge in [0.15, 0.2) is 0 Å². The molecule has 2 rings (SSSR count). The molecule has 1 aliphatic heterocycles. The Hall–Kier alpha value is -3.89. The molecule has 0 radical (unpaired) electrons. The highest BCUT2D eigenvalue weighted by Crippen LogP contribution is 2.19. The summed E-state index contributed by atoms with van der Waals surface area (Å²) < 4.78 is 10.3. The number of benzene rings is 1. The second kappa shape index (κ2) is 15.0. The first-order valence-electron chi connectivity index (χ1n) is 13.6. The molecule has 1 aliphatic rings. The summed E-state index contributed by atoms with van der Waals surface area (Å²) in [5.41, 5.74) is -0.239. The topological polar surface area (TPSA) is 152 Å². The lowest BCUT2D eigenvalue weighted by molar-refractivity contribution is -0.137. The van der Waals surface area contributed by atoms with E-state index < -0.39 is 47.6 Å². The van der Waals surface area contributed by atoms with Gasteiger partial charge in [-0.2, -0.15) is 0 Å². The van der Waals surface area contributed by atoms with Gasteiger partial charge >= 0.3 is 12.1 Å². The Labute approximate surface area is 235 Å². The van der Waals surface area contributed by atoms with E-state index in [1.807, 2.05) is 0 Å². The average molecular weight is 559 g/mol. The summed E-state index contributed by atoms with van der Waals surface area (Å²) in [5, 5.41) is 11.0. The van der Waals surface area contributed by atoms with E-state index in [1.165, 1.54) is 12.2 Å². The van der Waals surface area contributed by atoms with Crippen molar-refractivity contribution in [2.24, 2.45) is 11.8 Å². The number of esters is 1. The van der Waals surface area contributed by atoms with Gasteiger partial charge in [-0.15, -0.1) is 0 Å². The van der Waals surface area contributed by atoms with Crippen LogP contribution >= 0.6 is 0 Å². The maximum atomic E-state index is 13.6. The summed E-state index contributed by atoms with van der Waals surface area (Å²) >= 11 is 0. The van der Waals surface area contributed by atoms with Gasteiger partial charge in [-0.1, -0.05) is 50.3 Å². The lowest BCUT2D eigenvalue weighted by Crippen LogP contribution is -2.53. The summed E-state index contributed by atoms with van der Waals surface area (Å²) in [7, 11) is 0. The van der Waals surface area contributed by atoms with Crippen molar-refractivity contribution in [2.45, 2.75) is 78.1 Å². The van der Waals surface area contributed by atoms with Crippen LogP contribution in [0.3, 0.4) is 0 Å². The van der Waals surface area contributed by atoms with Crippen LogP contribution in [0.4, 0.5) is 4.79 Å². The average Bonchev–Trinajstić information content (AvgIpc) is 3.27. The minimum absolute atomic E-state index is 0.121.